The maximum atomic E-state index is 12.3. The van der Waals surface area contributed by atoms with Crippen LogP contribution in [0.1, 0.15) is 33.6 Å². The summed E-state index contributed by atoms with van der Waals surface area (Å²) in [6.07, 6.45) is 1.29. The van der Waals surface area contributed by atoms with E-state index in [1.807, 2.05) is 54.9 Å². The minimum Gasteiger partial charge on any atom is -0.452 e. The molecule has 0 amide bonds. The molecule has 0 aliphatic carbocycles. The summed E-state index contributed by atoms with van der Waals surface area (Å²) in [7, 11) is 0. The standard InChI is InChI=1S/C20H24N4O3/c1-4-5-11-24-15(14-9-7-6-8-10-14)12-16(23-24)21-22-17-18(25)19(13(2)3)27-20(17)26/h6-10,12-13,17,19H,4-5,11H2,1-3H3. The molecule has 0 N–H and O–H groups in total. The SMILES string of the molecule is CCCCn1nc(N=NC2C(=O)OC(C(C)C)C2=O)cc1-c1ccccc1. The molecule has 1 aliphatic heterocycles. The van der Waals surface area contributed by atoms with Crippen LogP contribution >= 0.6 is 0 Å². The van der Waals surface area contributed by atoms with Crippen LogP contribution in [0.5, 0.6) is 0 Å². The Hall–Kier alpha value is -2.83. The van der Waals surface area contributed by atoms with E-state index in [1.165, 1.54) is 0 Å². The minimum absolute atomic E-state index is 0.0837. The van der Waals surface area contributed by atoms with Crippen LogP contribution in [0.25, 0.3) is 11.3 Å². The highest BCUT2D eigenvalue weighted by Gasteiger charge is 2.45. The van der Waals surface area contributed by atoms with Crippen molar-refractivity contribution >= 4 is 17.6 Å². The molecule has 2 atom stereocenters. The molecule has 2 aromatic rings. The van der Waals surface area contributed by atoms with E-state index in [2.05, 4.69) is 22.3 Å². The average Bonchev–Trinajstić information content (AvgIpc) is 3.20. The number of carbonyl (C=O) groups is 2. The van der Waals surface area contributed by atoms with E-state index >= 15 is 0 Å². The van der Waals surface area contributed by atoms with Crippen molar-refractivity contribution in [3.05, 3.63) is 36.4 Å². The summed E-state index contributed by atoms with van der Waals surface area (Å²) in [6, 6.07) is 10.5. The normalized spacial score (nSPS) is 20.0. The summed E-state index contributed by atoms with van der Waals surface area (Å²) in [5, 5.41) is 12.5. The number of aryl methyl sites for hydroxylation is 1. The fourth-order valence-electron chi connectivity index (χ4n) is 2.98. The molecule has 1 aromatic heterocycles. The van der Waals surface area contributed by atoms with Gasteiger partial charge in [0, 0.05) is 12.6 Å². The predicted molar refractivity (Wildman–Crippen MR) is 101 cm³/mol. The number of ketones is 1. The van der Waals surface area contributed by atoms with Crippen molar-refractivity contribution in [2.75, 3.05) is 0 Å². The van der Waals surface area contributed by atoms with Crippen molar-refractivity contribution in [1.82, 2.24) is 9.78 Å². The van der Waals surface area contributed by atoms with Gasteiger partial charge in [-0.15, -0.1) is 5.11 Å². The van der Waals surface area contributed by atoms with Crippen LogP contribution in [-0.2, 0) is 20.9 Å². The van der Waals surface area contributed by atoms with E-state index in [0.717, 1.165) is 30.6 Å². The molecule has 7 nitrogen and oxygen atoms in total. The number of hydrogen-bond donors (Lipinski definition) is 0. The number of nitrogens with zero attached hydrogens (tertiary/aromatic N) is 4. The third kappa shape index (κ3) is 4.13. The average molecular weight is 368 g/mol. The summed E-state index contributed by atoms with van der Waals surface area (Å²) in [4.78, 5) is 24.2. The highest BCUT2D eigenvalue weighted by molar-refractivity contribution is 6.10. The third-order valence-corrected chi connectivity index (χ3v) is 4.46. The van der Waals surface area contributed by atoms with Crippen molar-refractivity contribution in [3.8, 4) is 11.3 Å². The molecule has 1 aromatic carbocycles. The maximum absolute atomic E-state index is 12.3. The Morgan fingerprint density at radius 2 is 1.96 bits per heavy atom. The van der Waals surface area contributed by atoms with Crippen LogP contribution in [0.4, 0.5) is 5.82 Å². The molecule has 27 heavy (non-hydrogen) atoms. The number of cyclic esters (lactones) is 1. The lowest BCUT2D eigenvalue weighted by Gasteiger charge is -2.09. The Bertz CT molecular complexity index is 842. The Kier molecular flexibility index (Phi) is 5.78. The molecule has 7 heteroatoms. The van der Waals surface area contributed by atoms with Crippen LogP contribution in [0.2, 0.25) is 0 Å². The van der Waals surface area contributed by atoms with Gasteiger partial charge in [0.05, 0.1) is 5.69 Å². The summed E-state index contributed by atoms with van der Waals surface area (Å²) in [5.74, 6) is -0.693. The fraction of sp³-hybridized carbons (Fsp3) is 0.450. The largest absolute Gasteiger partial charge is 0.452 e. The number of azo groups is 1. The molecule has 1 aliphatic rings. The number of esters is 1. The lowest BCUT2D eigenvalue weighted by Crippen LogP contribution is -2.27. The van der Waals surface area contributed by atoms with Crippen molar-refractivity contribution in [3.63, 3.8) is 0 Å². The van der Waals surface area contributed by atoms with Crippen molar-refractivity contribution in [2.24, 2.45) is 16.1 Å². The highest BCUT2D eigenvalue weighted by atomic mass is 16.6. The fourth-order valence-corrected chi connectivity index (χ4v) is 2.98. The van der Waals surface area contributed by atoms with E-state index in [4.69, 9.17) is 4.74 Å². The van der Waals surface area contributed by atoms with Crippen LogP contribution in [0.3, 0.4) is 0 Å². The molecule has 0 radical (unpaired) electrons. The first-order valence-electron chi connectivity index (χ1n) is 9.29. The predicted octanol–water partition coefficient (Wildman–Crippen LogP) is 3.95. The molecule has 2 heterocycles. The number of carbonyl (C=O) groups excluding carboxylic acids is 2. The third-order valence-electron chi connectivity index (χ3n) is 4.46. The number of ether oxygens (including phenoxy) is 1. The smallest absolute Gasteiger partial charge is 0.341 e. The topological polar surface area (TPSA) is 85.9 Å². The lowest BCUT2D eigenvalue weighted by atomic mass is 10.0. The van der Waals surface area contributed by atoms with E-state index in [1.54, 1.807) is 0 Å². The van der Waals surface area contributed by atoms with Gasteiger partial charge in [-0.2, -0.15) is 10.2 Å². The number of Topliss-reactive ketones (excluding diaryl/α,β-unsaturated/α-hetero) is 1. The van der Waals surface area contributed by atoms with Gasteiger partial charge in [0.2, 0.25) is 11.8 Å². The summed E-state index contributed by atoms with van der Waals surface area (Å²) in [5.41, 5.74) is 1.96. The molecule has 2 unspecified atom stereocenters. The zero-order valence-corrected chi connectivity index (χ0v) is 15.8. The first-order valence-corrected chi connectivity index (χ1v) is 9.29. The Morgan fingerprint density at radius 1 is 1.22 bits per heavy atom. The molecule has 0 bridgehead atoms. The molecule has 3 rings (SSSR count). The Balaban J connectivity index is 1.85. The molecular weight excluding hydrogens is 344 g/mol. The van der Waals surface area contributed by atoms with Crippen LogP contribution in [0.15, 0.2) is 46.6 Å². The quantitative estimate of drug-likeness (QED) is 0.421. The van der Waals surface area contributed by atoms with Gasteiger partial charge >= 0.3 is 5.97 Å². The minimum atomic E-state index is -1.20. The van der Waals surface area contributed by atoms with Gasteiger partial charge in [0.1, 0.15) is 0 Å². The number of aromatic nitrogens is 2. The second kappa shape index (κ2) is 8.24. The van der Waals surface area contributed by atoms with E-state index in [9.17, 15) is 9.59 Å². The van der Waals surface area contributed by atoms with E-state index < -0.39 is 18.1 Å². The molecule has 1 saturated heterocycles. The first-order chi connectivity index (χ1) is 13.0. The zero-order valence-electron chi connectivity index (χ0n) is 15.8. The molecule has 0 saturated carbocycles. The second-order valence-corrected chi connectivity index (χ2v) is 6.95. The van der Waals surface area contributed by atoms with Crippen LogP contribution < -0.4 is 0 Å². The number of unbranched alkanes of at least 4 members (excludes halogenated alkanes) is 1. The van der Waals surface area contributed by atoms with Crippen molar-refractivity contribution < 1.29 is 14.3 Å². The Labute approximate surface area is 158 Å². The summed E-state index contributed by atoms with van der Waals surface area (Å²) in [6.45, 7) is 6.54. The van der Waals surface area contributed by atoms with E-state index in [-0.39, 0.29) is 11.7 Å². The monoisotopic (exact) mass is 368 g/mol. The maximum Gasteiger partial charge on any atom is 0.341 e. The highest BCUT2D eigenvalue weighted by Crippen LogP contribution is 2.26. The number of rotatable bonds is 7. The lowest BCUT2D eigenvalue weighted by molar-refractivity contribution is -0.144. The van der Waals surface area contributed by atoms with Crippen molar-refractivity contribution in [2.45, 2.75) is 52.3 Å². The molecule has 1 fully saturated rings. The molecule has 142 valence electrons. The Morgan fingerprint density at radius 3 is 2.59 bits per heavy atom. The van der Waals surface area contributed by atoms with Crippen LogP contribution in [-0.4, -0.2) is 33.7 Å². The van der Waals surface area contributed by atoms with Gasteiger partial charge in [-0.3, -0.25) is 9.48 Å². The van der Waals surface area contributed by atoms with E-state index in [0.29, 0.717) is 5.82 Å². The summed E-state index contributed by atoms with van der Waals surface area (Å²) < 4.78 is 7.01. The van der Waals surface area contributed by atoms with Crippen LogP contribution in [0, 0.1) is 5.92 Å². The van der Waals surface area contributed by atoms with Crippen molar-refractivity contribution in [1.29, 1.82) is 0 Å². The summed E-state index contributed by atoms with van der Waals surface area (Å²) >= 11 is 0. The van der Waals surface area contributed by atoms with Gasteiger partial charge < -0.3 is 4.74 Å². The van der Waals surface area contributed by atoms with Gasteiger partial charge in [0.25, 0.3) is 0 Å². The first kappa shape index (κ1) is 18.9. The van der Waals surface area contributed by atoms with Gasteiger partial charge in [0.15, 0.2) is 11.9 Å². The number of benzene rings is 1. The van der Waals surface area contributed by atoms with Gasteiger partial charge in [-0.25, -0.2) is 4.79 Å². The molecule has 0 spiro atoms. The second-order valence-electron chi connectivity index (χ2n) is 6.95. The van der Waals surface area contributed by atoms with Gasteiger partial charge in [-0.1, -0.05) is 57.5 Å². The number of hydrogen-bond acceptors (Lipinski definition) is 6. The molecular formula is C20H24N4O3. The zero-order chi connectivity index (χ0) is 19.4. The van der Waals surface area contributed by atoms with Gasteiger partial charge in [-0.05, 0) is 17.9 Å².